The van der Waals surface area contributed by atoms with Gasteiger partial charge in [0.1, 0.15) is 6.10 Å². The lowest BCUT2D eigenvalue weighted by molar-refractivity contribution is -0.0155. The Balaban J connectivity index is 1.33. The van der Waals surface area contributed by atoms with Gasteiger partial charge in [-0.25, -0.2) is 0 Å². The van der Waals surface area contributed by atoms with Gasteiger partial charge in [-0.15, -0.1) is 0 Å². The Kier molecular flexibility index (Phi) is 1.91. The highest BCUT2D eigenvalue weighted by Crippen LogP contribution is 2.53. The molecule has 4 aliphatic rings. The fraction of sp³-hybridized carbons (Fsp3) is 1.00. The summed E-state index contributed by atoms with van der Waals surface area (Å²) >= 11 is 0. The van der Waals surface area contributed by atoms with Crippen molar-refractivity contribution in [3.8, 4) is 0 Å². The van der Waals surface area contributed by atoms with Gasteiger partial charge in [0.2, 0.25) is 0 Å². The zero-order valence-electron chi connectivity index (χ0n) is 8.93. The summed E-state index contributed by atoms with van der Waals surface area (Å²) in [7, 11) is 0. The van der Waals surface area contributed by atoms with E-state index in [4.69, 9.17) is 14.2 Å². The summed E-state index contributed by atoms with van der Waals surface area (Å²) in [5.41, 5.74) is 0. The molecule has 0 aromatic rings. The normalized spacial score (nSPS) is 56.0. The van der Waals surface area contributed by atoms with E-state index >= 15 is 0 Å². The molecule has 0 bridgehead atoms. The fourth-order valence-electron chi connectivity index (χ4n) is 3.50. The van der Waals surface area contributed by atoms with Crippen LogP contribution in [0.2, 0.25) is 0 Å². The zero-order chi connectivity index (χ0) is 9.83. The molecular weight excluding hydrogens is 192 g/mol. The van der Waals surface area contributed by atoms with Crippen LogP contribution >= 0.6 is 0 Å². The molecule has 6 atom stereocenters. The Labute approximate surface area is 90.1 Å². The van der Waals surface area contributed by atoms with Gasteiger partial charge >= 0.3 is 0 Å². The molecule has 0 aromatic carbocycles. The fourth-order valence-corrected chi connectivity index (χ4v) is 3.50. The van der Waals surface area contributed by atoms with Crippen LogP contribution in [0.15, 0.2) is 0 Å². The van der Waals surface area contributed by atoms with E-state index in [-0.39, 0.29) is 0 Å². The molecule has 2 aliphatic heterocycles. The lowest BCUT2D eigenvalue weighted by Crippen LogP contribution is -2.30. The SMILES string of the molecule is C1CC2CC3OC3C2CC1OCC1CO1. The van der Waals surface area contributed by atoms with Crippen molar-refractivity contribution in [3.05, 3.63) is 0 Å². The van der Waals surface area contributed by atoms with E-state index < -0.39 is 0 Å². The van der Waals surface area contributed by atoms with Crippen LogP contribution in [0, 0.1) is 11.8 Å². The highest BCUT2D eigenvalue weighted by Gasteiger charge is 2.56. The first-order valence-corrected chi connectivity index (χ1v) is 6.29. The van der Waals surface area contributed by atoms with Gasteiger partial charge in [0.05, 0.1) is 31.5 Å². The smallest absolute Gasteiger partial charge is 0.104 e. The van der Waals surface area contributed by atoms with Crippen molar-refractivity contribution in [2.24, 2.45) is 11.8 Å². The predicted molar refractivity (Wildman–Crippen MR) is 53.6 cm³/mol. The highest BCUT2D eigenvalue weighted by atomic mass is 16.6. The van der Waals surface area contributed by atoms with Gasteiger partial charge in [-0.1, -0.05) is 0 Å². The molecule has 0 aromatic heterocycles. The molecule has 4 fully saturated rings. The second-order valence-electron chi connectivity index (χ2n) is 5.52. The molecule has 0 spiro atoms. The van der Waals surface area contributed by atoms with E-state index in [9.17, 15) is 0 Å². The molecule has 3 heteroatoms. The number of ether oxygens (including phenoxy) is 3. The van der Waals surface area contributed by atoms with Gasteiger partial charge in [-0.05, 0) is 37.5 Å². The maximum Gasteiger partial charge on any atom is 0.104 e. The van der Waals surface area contributed by atoms with Crippen molar-refractivity contribution in [1.29, 1.82) is 0 Å². The van der Waals surface area contributed by atoms with Crippen LogP contribution in [0.4, 0.5) is 0 Å². The summed E-state index contributed by atoms with van der Waals surface area (Å²) < 4.78 is 16.7. The molecule has 84 valence electrons. The Bertz CT molecular complexity index is 264. The Morgan fingerprint density at radius 3 is 3.00 bits per heavy atom. The van der Waals surface area contributed by atoms with E-state index in [0.717, 1.165) is 25.0 Å². The quantitative estimate of drug-likeness (QED) is 0.660. The summed E-state index contributed by atoms with van der Waals surface area (Å²) in [6, 6.07) is 0. The molecule has 0 amide bonds. The third kappa shape index (κ3) is 1.61. The number of hydrogen-bond acceptors (Lipinski definition) is 3. The van der Waals surface area contributed by atoms with Gasteiger partial charge in [0, 0.05) is 0 Å². The second kappa shape index (κ2) is 3.19. The molecule has 0 N–H and O–H groups in total. The van der Waals surface area contributed by atoms with E-state index in [1.54, 1.807) is 0 Å². The monoisotopic (exact) mass is 210 g/mol. The van der Waals surface area contributed by atoms with Crippen LogP contribution in [0.1, 0.15) is 25.7 Å². The van der Waals surface area contributed by atoms with Crippen molar-refractivity contribution in [2.75, 3.05) is 13.2 Å². The first-order valence-electron chi connectivity index (χ1n) is 6.29. The number of fused-ring (bicyclic) bond motifs is 3. The molecular formula is C12H18O3. The average Bonchev–Trinajstić information content (AvgIpc) is 3.15. The first-order chi connectivity index (χ1) is 7.40. The topological polar surface area (TPSA) is 34.3 Å². The van der Waals surface area contributed by atoms with Gasteiger partial charge in [0.15, 0.2) is 0 Å². The minimum Gasteiger partial charge on any atom is -0.375 e. The van der Waals surface area contributed by atoms with Crippen LogP contribution in [0.5, 0.6) is 0 Å². The molecule has 6 unspecified atom stereocenters. The minimum absolute atomic E-state index is 0.413. The molecule has 4 rings (SSSR count). The lowest BCUT2D eigenvalue weighted by atomic mass is 9.79. The average molecular weight is 210 g/mol. The van der Waals surface area contributed by atoms with E-state index in [2.05, 4.69) is 0 Å². The number of hydrogen-bond donors (Lipinski definition) is 0. The molecule has 3 nitrogen and oxygen atoms in total. The van der Waals surface area contributed by atoms with Crippen LogP contribution in [-0.4, -0.2) is 37.6 Å². The lowest BCUT2D eigenvalue weighted by Gasteiger charge is -2.32. The third-order valence-corrected chi connectivity index (χ3v) is 4.50. The zero-order valence-corrected chi connectivity index (χ0v) is 8.93. The summed E-state index contributed by atoms with van der Waals surface area (Å²) in [5.74, 6) is 1.76. The largest absolute Gasteiger partial charge is 0.375 e. The Hall–Kier alpha value is -0.120. The van der Waals surface area contributed by atoms with Crippen molar-refractivity contribution in [1.82, 2.24) is 0 Å². The van der Waals surface area contributed by atoms with Crippen LogP contribution < -0.4 is 0 Å². The van der Waals surface area contributed by atoms with Gasteiger partial charge in [0.25, 0.3) is 0 Å². The third-order valence-electron chi connectivity index (χ3n) is 4.50. The maximum absolute atomic E-state index is 5.90. The summed E-state index contributed by atoms with van der Waals surface area (Å²) in [6.45, 7) is 1.73. The van der Waals surface area contributed by atoms with Crippen molar-refractivity contribution >= 4 is 0 Å². The van der Waals surface area contributed by atoms with Gasteiger partial charge in [-0.3, -0.25) is 0 Å². The molecule has 2 aliphatic carbocycles. The predicted octanol–water partition coefficient (Wildman–Crippen LogP) is 1.36. The van der Waals surface area contributed by atoms with E-state index in [1.807, 2.05) is 0 Å². The Morgan fingerprint density at radius 2 is 2.13 bits per heavy atom. The first kappa shape index (κ1) is 8.97. The standard InChI is InChI=1S/C12H18O3/c1-2-8(13-5-9-6-14-9)4-10-7(1)3-11-12(10)15-11/h7-12H,1-6H2. The van der Waals surface area contributed by atoms with Crippen molar-refractivity contribution in [3.63, 3.8) is 0 Å². The van der Waals surface area contributed by atoms with E-state index in [1.165, 1.54) is 25.7 Å². The Morgan fingerprint density at radius 1 is 1.20 bits per heavy atom. The molecule has 0 radical (unpaired) electrons. The molecule has 2 heterocycles. The minimum atomic E-state index is 0.413. The second-order valence-corrected chi connectivity index (χ2v) is 5.52. The van der Waals surface area contributed by atoms with Gasteiger partial charge < -0.3 is 14.2 Å². The summed E-state index contributed by atoms with van der Waals surface area (Å²) in [4.78, 5) is 0. The molecule has 2 saturated carbocycles. The van der Waals surface area contributed by atoms with Crippen molar-refractivity contribution < 1.29 is 14.2 Å². The maximum atomic E-state index is 5.90. The van der Waals surface area contributed by atoms with Crippen LogP contribution in [-0.2, 0) is 14.2 Å². The summed E-state index contributed by atoms with van der Waals surface area (Å²) in [6.07, 6.45) is 7.32. The molecule has 15 heavy (non-hydrogen) atoms. The number of epoxide rings is 2. The van der Waals surface area contributed by atoms with Crippen LogP contribution in [0.3, 0.4) is 0 Å². The van der Waals surface area contributed by atoms with Gasteiger partial charge in [-0.2, -0.15) is 0 Å². The van der Waals surface area contributed by atoms with Crippen molar-refractivity contribution in [2.45, 2.75) is 50.1 Å². The molecule has 2 saturated heterocycles. The van der Waals surface area contributed by atoms with E-state index in [0.29, 0.717) is 24.4 Å². The van der Waals surface area contributed by atoms with Crippen LogP contribution in [0.25, 0.3) is 0 Å². The highest BCUT2D eigenvalue weighted by molar-refractivity contribution is 5.04. The summed E-state index contributed by atoms with van der Waals surface area (Å²) in [5, 5.41) is 0. The number of rotatable bonds is 3.